The van der Waals surface area contributed by atoms with Crippen molar-refractivity contribution in [2.24, 2.45) is 11.3 Å². The highest BCUT2D eigenvalue weighted by molar-refractivity contribution is 5.81. The Balaban J connectivity index is 2.63. The summed E-state index contributed by atoms with van der Waals surface area (Å²) in [6, 6.07) is 0.594. The molecule has 0 aromatic heterocycles. The van der Waals surface area contributed by atoms with Gasteiger partial charge in [-0.2, -0.15) is 0 Å². The minimum atomic E-state index is -0.436. The van der Waals surface area contributed by atoms with Crippen LogP contribution in [0.3, 0.4) is 0 Å². The number of hydrogen-bond acceptors (Lipinski definition) is 4. The van der Waals surface area contributed by atoms with E-state index in [9.17, 15) is 4.79 Å². The van der Waals surface area contributed by atoms with Gasteiger partial charge in [-0.05, 0) is 52.7 Å². The molecule has 0 atom stereocenters. The maximum Gasteiger partial charge on any atom is 0.240 e. The Labute approximate surface area is 110 Å². The Kier molecular flexibility index (Phi) is 6.05. The van der Waals surface area contributed by atoms with E-state index >= 15 is 0 Å². The van der Waals surface area contributed by atoms with Crippen LogP contribution in [-0.4, -0.2) is 43.0 Å². The fraction of sp³-hybridized carbons (Fsp3) is 0.923. The first-order valence-electron chi connectivity index (χ1n) is 6.97. The van der Waals surface area contributed by atoms with Crippen molar-refractivity contribution in [1.29, 1.82) is 0 Å². The molecule has 1 fully saturated rings. The zero-order valence-corrected chi connectivity index (χ0v) is 12.0. The van der Waals surface area contributed by atoms with Crippen LogP contribution in [0.5, 0.6) is 0 Å². The number of amides is 1. The molecule has 1 rings (SSSR count). The van der Waals surface area contributed by atoms with Crippen LogP contribution < -0.4 is 16.6 Å². The van der Waals surface area contributed by atoms with Crippen molar-refractivity contribution in [2.75, 3.05) is 26.2 Å². The number of rotatable bonds is 6. The van der Waals surface area contributed by atoms with Gasteiger partial charge in [0.15, 0.2) is 0 Å². The number of hydrogen-bond donors (Lipinski definition) is 3. The molecule has 1 aliphatic heterocycles. The molecular formula is C13H28N4O. The Morgan fingerprint density at radius 1 is 1.44 bits per heavy atom. The third-order valence-electron chi connectivity index (χ3n) is 3.68. The van der Waals surface area contributed by atoms with E-state index in [-0.39, 0.29) is 5.91 Å². The predicted octanol–water partition coefficient (Wildman–Crippen LogP) is 0.467. The van der Waals surface area contributed by atoms with E-state index in [0.717, 1.165) is 32.6 Å². The number of carbonyl (C=O) groups is 1. The maximum absolute atomic E-state index is 11.8. The van der Waals surface area contributed by atoms with Gasteiger partial charge in [0.05, 0.1) is 5.41 Å². The van der Waals surface area contributed by atoms with Gasteiger partial charge in [0.1, 0.15) is 0 Å². The molecule has 1 heterocycles. The van der Waals surface area contributed by atoms with Crippen LogP contribution in [0.4, 0.5) is 0 Å². The summed E-state index contributed by atoms with van der Waals surface area (Å²) in [6.07, 6.45) is 3.45. The molecule has 0 aliphatic carbocycles. The first-order chi connectivity index (χ1) is 8.51. The Hall–Kier alpha value is -0.650. The number of hydrazine groups is 1. The quantitative estimate of drug-likeness (QED) is 0.367. The zero-order chi connectivity index (χ0) is 13.6. The summed E-state index contributed by atoms with van der Waals surface area (Å²) in [7, 11) is 0. The molecule has 18 heavy (non-hydrogen) atoms. The van der Waals surface area contributed by atoms with E-state index in [1.807, 2.05) is 13.8 Å². The second kappa shape index (κ2) is 7.07. The van der Waals surface area contributed by atoms with Crippen LogP contribution in [-0.2, 0) is 4.79 Å². The normalized spacial score (nSPS) is 18.1. The second-order valence-electron chi connectivity index (χ2n) is 5.81. The first-order valence-corrected chi connectivity index (χ1v) is 6.97. The van der Waals surface area contributed by atoms with Crippen LogP contribution >= 0.6 is 0 Å². The molecule has 5 heteroatoms. The molecule has 0 spiro atoms. The molecule has 0 aromatic rings. The van der Waals surface area contributed by atoms with Crippen LogP contribution in [0.1, 0.15) is 40.0 Å². The highest BCUT2D eigenvalue weighted by Gasteiger charge is 2.32. The summed E-state index contributed by atoms with van der Waals surface area (Å²) in [5.74, 6) is 5.17. The Morgan fingerprint density at radius 2 is 2.06 bits per heavy atom. The molecule has 1 saturated heterocycles. The highest BCUT2D eigenvalue weighted by Crippen LogP contribution is 2.21. The minimum Gasteiger partial charge on any atom is -0.317 e. The van der Waals surface area contributed by atoms with Crippen LogP contribution in [0.15, 0.2) is 0 Å². The molecule has 106 valence electrons. The van der Waals surface area contributed by atoms with Gasteiger partial charge in [0, 0.05) is 12.6 Å². The lowest BCUT2D eigenvalue weighted by Gasteiger charge is -2.38. The lowest BCUT2D eigenvalue weighted by Crippen LogP contribution is -2.51. The molecule has 4 N–H and O–H groups in total. The smallest absolute Gasteiger partial charge is 0.240 e. The second-order valence-corrected chi connectivity index (χ2v) is 5.81. The summed E-state index contributed by atoms with van der Waals surface area (Å²) in [5, 5.41) is 3.38. The largest absolute Gasteiger partial charge is 0.317 e. The molecule has 0 saturated carbocycles. The summed E-state index contributed by atoms with van der Waals surface area (Å²) in [6.45, 7) is 10.1. The van der Waals surface area contributed by atoms with E-state index < -0.39 is 5.41 Å². The molecule has 0 unspecified atom stereocenters. The van der Waals surface area contributed by atoms with Gasteiger partial charge in [-0.3, -0.25) is 15.1 Å². The van der Waals surface area contributed by atoms with Gasteiger partial charge < -0.3 is 5.32 Å². The van der Waals surface area contributed by atoms with Crippen molar-refractivity contribution in [3.63, 3.8) is 0 Å². The van der Waals surface area contributed by atoms with Crippen molar-refractivity contribution in [1.82, 2.24) is 15.6 Å². The van der Waals surface area contributed by atoms with Gasteiger partial charge in [0.2, 0.25) is 5.91 Å². The standard InChI is InChI=1S/C13H28N4O/c1-4-9-17(11-5-7-15-8-6-11)10-13(2,3)12(18)16-14/h11,15H,4-10,14H2,1-3H3,(H,16,18). The summed E-state index contributed by atoms with van der Waals surface area (Å²) in [5.41, 5.74) is 1.84. The SMILES string of the molecule is CCCN(CC(C)(C)C(=O)NN)C1CCNCC1. The van der Waals surface area contributed by atoms with Crippen LogP contribution in [0.2, 0.25) is 0 Å². The van der Waals surface area contributed by atoms with E-state index in [1.54, 1.807) is 0 Å². The Bertz CT molecular complexity index is 262. The summed E-state index contributed by atoms with van der Waals surface area (Å²) >= 11 is 0. The number of carbonyl (C=O) groups excluding carboxylic acids is 1. The fourth-order valence-electron chi connectivity index (χ4n) is 2.62. The number of piperidine rings is 1. The molecule has 5 nitrogen and oxygen atoms in total. The number of nitrogens with one attached hydrogen (secondary N) is 2. The van der Waals surface area contributed by atoms with Crippen LogP contribution in [0, 0.1) is 5.41 Å². The average molecular weight is 256 g/mol. The van der Waals surface area contributed by atoms with E-state index in [0.29, 0.717) is 6.04 Å². The highest BCUT2D eigenvalue weighted by atomic mass is 16.2. The molecule has 0 aromatic carbocycles. The Morgan fingerprint density at radius 3 is 2.56 bits per heavy atom. The first kappa shape index (κ1) is 15.4. The summed E-state index contributed by atoms with van der Waals surface area (Å²) in [4.78, 5) is 14.2. The minimum absolute atomic E-state index is 0.0856. The molecular weight excluding hydrogens is 228 g/mol. The predicted molar refractivity (Wildman–Crippen MR) is 73.9 cm³/mol. The molecule has 0 bridgehead atoms. The monoisotopic (exact) mass is 256 g/mol. The van der Waals surface area contributed by atoms with E-state index in [1.165, 1.54) is 12.8 Å². The van der Waals surface area contributed by atoms with Crippen molar-refractivity contribution in [3.05, 3.63) is 0 Å². The topological polar surface area (TPSA) is 70.4 Å². The average Bonchev–Trinajstić information content (AvgIpc) is 2.38. The summed E-state index contributed by atoms with van der Waals surface area (Å²) < 4.78 is 0. The molecule has 0 radical (unpaired) electrons. The van der Waals surface area contributed by atoms with E-state index in [4.69, 9.17) is 5.84 Å². The van der Waals surface area contributed by atoms with Crippen molar-refractivity contribution < 1.29 is 4.79 Å². The molecule has 1 aliphatic rings. The third-order valence-corrected chi connectivity index (χ3v) is 3.68. The van der Waals surface area contributed by atoms with E-state index in [2.05, 4.69) is 22.6 Å². The number of nitrogens with two attached hydrogens (primary N) is 1. The fourth-order valence-corrected chi connectivity index (χ4v) is 2.62. The van der Waals surface area contributed by atoms with Gasteiger partial charge in [0.25, 0.3) is 0 Å². The lowest BCUT2D eigenvalue weighted by molar-refractivity contribution is -0.130. The molecule has 1 amide bonds. The lowest BCUT2D eigenvalue weighted by atomic mass is 9.90. The van der Waals surface area contributed by atoms with Crippen molar-refractivity contribution >= 4 is 5.91 Å². The maximum atomic E-state index is 11.8. The van der Waals surface area contributed by atoms with Gasteiger partial charge >= 0.3 is 0 Å². The van der Waals surface area contributed by atoms with Crippen molar-refractivity contribution in [2.45, 2.75) is 46.1 Å². The number of nitrogens with zero attached hydrogens (tertiary/aromatic N) is 1. The van der Waals surface area contributed by atoms with Crippen molar-refractivity contribution in [3.8, 4) is 0 Å². The van der Waals surface area contributed by atoms with Gasteiger partial charge in [-0.25, -0.2) is 5.84 Å². The van der Waals surface area contributed by atoms with Gasteiger partial charge in [-0.15, -0.1) is 0 Å². The zero-order valence-electron chi connectivity index (χ0n) is 12.0. The van der Waals surface area contributed by atoms with Crippen LogP contribution in [0.25, 0.3) is 0 Å². The third kappa shape index (κ3) is 4.23. The van der Waals surface area contributed by atoms with Gasteiger partial charge in [-0.1, -0.05) is 6.92 Å².